The molecule has 0 heterocycles. The third kappa shape index (κ3) is 4.88. The van der Waals surface area contributed by atoms with Crippen molar-refractivity contribution >= 4 is 27.6 Å². The van der Waals surface area contributed by atoms with Crippen LogP contribution in [0.15, 0.2) is 47.4 Å². The number of carbonyl (C=O) groups excluding carboxylic acids is 2. The standard InChI is InChI=1S/C22H26N2O5S/c1-3-24(4-2)30(27,28)20-10-6-9-19(14-20)23-21(25)15-29-22(26)18-12-11-16-7-5-8-17(16)13-18/h6,9-14H,3-5,7-8,15H2,1-2H3,(H,23,25). The number of carbonyl (C=O) groups is 2. The number of esters is 1. The molecule has 0 bridgehead atoms. The Labute approximate surface area is 177 Å². The zero-order valence-electron chi connectivity index (χ0n) is 17.2. The molecule has 0 saturated heterocycles. The summed E-state index contributed by atoms with van der Waals surface area (Å²) in [6, 6.07) is 11.5. The highest BCUT2D eigenvalue weighted by Gasteiger charge is 2.22. The molecule has 0 unspecified atom stereocenters. The summed E-state index contributed by atoms with van der Waals surface area (Å²) in [5.41, 5.74) is 3.15. The summed E-state index contributed by atoms with van der Waals surface area (Å²) >= 11 is 0. The summed E-state index contributed by atoms with van der Waals surface area (Å²) in [5.74, 6) is -1.10. The molecule has 0 radical (unpaired) electrons. The van der Waals surface area contributed by atoms with Gasteiger partial charge in [0.25, 0.3) is 5.91 Å². The van der Waals surface area contributed by atoms with Crippen LogP contribution < -0.4 is 5.32 Å². The lowest BCUT2D eigenvalue weighted by Gasteiger charge is -2.18. The van der Waals surface area contributed by atoms with Crippen LogP contribution in [-0.2, 0) is 32.4 Å². The largest absolute Gasteiger partial charge is 0.452 e. The van der Waals surface area contributed by atoms with Gasteiger partial charge < -0.3 is 10.1 Å². The Hall–Kier alpha value is -2.71. The van der Waals surface area contributed by atoms with Crippen molar-refractivity contribution in [1.29, 1.82) is 0 Å². The Morgan fingerprint density at radius 3 is 2.50 bits per heavy atom. The van der Waals surface area contributed by atoms with Gasteiger partial charge in [0.2, 0.25) is 10.0 Å². The van der Waals surface area contributed by atoms with E-state index in [9.17, 15) is 18.0 Å². The fraction of sp³-hybridized carbons (Fsp3) is 0.364. The van der Waals surface area contributed by atoms with Gasteiger partial charge >= 0.3 is 5.97 Å². The number of hydrogen-bond acceptors (Lipinski definition) is 5. The summed E-state index contributed by atoms with van der Waals surface area (Å²) in [7, 11) is -3.63. The highest BCUT2D eigenvalue weighted by Crippen LogP contribution is 2.23. The van der Waals surface area contributed by atoms with Crippen LogP contribution in [0.4, 0.5) is 5.69 Å². The Morgan fingerprint density at radius 1 is 1.03 bits per heavy atom. The Balaban J connectivity index is 1.61. The van der Waals surface area contributed by atoms with Crippen molar-refractivity contribution in [3.63, 3.8) is 0 Å². The topological polar surface area (TPSA) is 92.8 Å². The van der Waals surface area contributed by atoms with Gasteiger partial charge in [0, 0.05) is 18.8 Å². The van der Waals surface area contributed by atoms with Crippen LogP contribution >= 0.6 is 0 Å². The van der Waals surface area contributed by atoms with E-state index in [1.807, 2.05) is 12.1 Å². The molecule has 0 fully saturated rings. The molecule has 8 heteroatoms. The molecule has 1 aliphatic carbocycles. The molecular weight excluding hydrogens is 404 g/mol. The van der Waals surface area contributed by atoms with E-state index in [1.54, 1.807) is 32.0 Å². The number of benzene rings is 2. The zero-order valence-corrected chi connectivity index (χ0v) is 18.0. The Kier molecular flexibility index (Phi) is 6.89. The Morgan fingerprint density at radius 2 is 1.77 bits per heavy atom. The molecule has 30 heavy (non-hydrogen) atoms. The van der Waals surface area contributed by atoms with Gasteiger partial charge in [-0.3, -0.25) is 4.79 Å². The minimum Gasteiger partial charge on any atom is -0.452 e. The maximum Gasteiger partial charge on any atom is 0.338 e. The van der Waals surface area contributed by atoms with Crippen LogP contribution in [0.25, 0.3) is 0 Å². The third-order valence-corrected chi connectivity index (χ3v) is 7.18. The maximum absolute atomic E-state index is 12.6. The second kappa shape index (κ2) is 9.40. The summed E-state index contributed by atoms with van der Waals surface area (Å²) in [5, 5.41) is 2.58. The lowest BCUT2D eigenvalue weighted by Crippen LogP contribution is -2.30. The molecule has 3 rings (SSSR count). The van der Waals surface area contributed by atoms with Gasteiger partial charge in [0.1, 0.15) is 0 Å². The fourth-order valence-electron chi connectivity index (χ4n) is 3.56. The van der Waals surface area contributed by atoms with Crippen LogP contribution in [0.1, 0.15) is 41.8 Å². The minimum absolute atomic E-state index is 0.0964. The van der Waals surface area contributed by atoms with Crippen LogP contribution in [0.3, 0.4) is 0 Å². The minimum atomic E-state index is -3.63. The average molecular weight is 431 g/mol. The number of hydrogen-bond donors (Lipinski definition) is 1. The molecule has 7 nitrogen and oxygen atoms in total. The van der Waals surface area contributed by atoms with Gasteiger partial charge in [-0.15, -0.1) is 0 Å². The van der Waals surface area contributed by atoms with Gasteiger partial charge in [-0.2, -0.15) is 4.31 Å². The van der Waals surface area contributed by atoms with Crippen molar-refractivity contribution in [1.82, 2.24) is 4.31 Å². The molecule has 0 atom stereocenters. The monoisotopic (exact) mass is 430 g/mol. The van der Waals surface area contributed by atoms with Crippen molar-refractivity contribution in [3.05, 3.63) is 59.2 Å². The smallest absolute Gasteiger partial charge is 0.338 e. The summed E-state index contributed by atoms with van der Waals surface area (Å²) in [4.78, 5) is 24.5. The average Bonchev–Trinajstić information content (AvgIpc) is 3.21. The summed E-state index contributed by atoms with van der Waals surface area (Å²) in [6.45, 7) is 3.79. The van der Waals surface area contributed by atoms with Crippen molar-refractivity contribution in [2.75, 3.05) is 25.0 Å². The van der Waals surface area contributed by atoms with Crippen LogP contribution in [0.2, 0.25) is 0 Å². The van der Waals surface area contributed by atoms with E-state index in [0.717, 1.165) is 24.8 Å². The highest BCUT2D eigenvalue weighted by molar-refractivity contribution is 7.89. The van der Waals surface area contributed by atoms with E-state index < -0.39 is 28.5 Å². The first kappa shape index (κ1) is 22.0. The highest BCUT2D eigenvalue weighted by atomic mass is 32.2. The number of fused-ring (bicyclic) bond motifs is 1. The van der Waals surface area contributed by atoms with Crippen molar-refractivity contribution < 1.29 is 22.7 Å². The number of nitrogens with zero attached hydrogens (tertiary/aromatic N) is 1. The van der Waals surface area contributed by atoms with Crippen LogP contribution in [-0.4, -0.2) is 44.3 Å². The molecule has 1 aliphatic rings. The van der Waals surface area contributed by atoms with Crippen LogP contribution in [0, 0.1) is 0 Å². The number of sulfonamides is 1. The fourth-order valence-corrected chi connectivity index (χ4v) is 5.06. The maximum atomic E-state index is 12.6. The number of anilines is 1. The predicted octanol–water partition coefficient (Wildman–Crippen LogP) is 3.00. The molecule has 160 valence electrons. The SMILES string of the molecule is CCN(CC)S(=O)(=O)c1cccc(NC(=O)COC(=O)c2ccc3c(c2)CCC3)c1. The third-order valence-electron chi connectivity index (χ3n) is 5.13. The molecule has 0 spiro atoms. The van der Waals surface area contributed by atoms with E-state index in [4.69, 9.17) is 4.74 Å². The molecule has 0 aliphatic heterocycles. The first-order chi connectivity index (χ1) is 14.3. The van der Waals surface area contributed by atoms with E-state index >= 15 is 0 Å². The van der Waals surface area contributed by atoms with Crippen LogP contribution in [0.5, 0.6) is 0 Å². The van der Waals surface area contributed by atoms with Crippen molar-refractivity contribution in [2.45, 2.75) is 38.0 Å². The van der Waals surface area contributed by atoms with E-state index in [0.29, 0.717) is 24.3 Å². The summed E-state index contributed by atoms with van der Waals surface area (Å²) in [6.07, 6.45) is 3.05. The van der Waals surface area contributed by atoms with Gasteiger partial charge in [-0.05, 0) is 60.7 Å². The molecule has 1 N–H and O–H groups in total. The number of ether oxygens (including phenoxy) is 1. The molecule has 2 aromatic rings. The summed E-state index contributed by atoms with van der Waals surface area (Å²) < 4.78 is 31.7. The number of amides is 1. The predicted molar refractivity (Wildman–Crippen MR) is 114 cm³/mol. The number of nitrogens with one attached hydrogen (secondary N) is 1. The number of rotatable bonds is 8. The van der Waals surface area contributed by atoms with Crippen molar-refractivity contribution in [3.8, 4) is 0 Å². The molecule has 1 amide bonds. The first-order valence-electron chi connectivity index (χ1n) is 10.0. The Bertz CT molecular complexity index is 1050. The second-order valence-corrected chi connectivity index (χ2v) is 9.02. The van der Waals surface area contributed by atoms with E-state index in [2.05, 4.69) is 5.32 Å². The molecule has 2 aromatic carbocycles. The van der Waals surface area contributed by atoms with Crippen molar-refractivity contribution in [2.24, 2.45) is 0 Å². The molecule has 0 saturated carbocycles. The van der Waals surface area contributed by atoms with E-state index in [1.165, 1.54) is 22.0 Å². The molecule has 0 aromatic heterocycles. The normalized spacial score (nSPS) is 13.2. The number of aryl methyl sites for hydroxylation is 2. The lowest BCUT2D eigenvalue weighted by atomic mass is 10.1. The van der Waals surface area contributed by atoms with Gasteiger partial charge in [0.05, 0.1) is 10.5 Å². The lowest BCUT2D eigenvalue weighted by molar-refractivity contribution is -0.119. The van der Waals surface area contributed by atoms with Gasteiger partial charge in [-0.25, -0.2) is 13.2 Å². The van der Waals surface area contributed by atoms with Gasteiger partial charge in [-0.1, -0.05) is 26.0 Å². The second-order valence-electron chi connectivity index (χ2n) is 7.08. The van der Waals surface area contributed by atoms with Gasteiger partial charge in [0.15, 0.2) is 6.61 Å². The zero-order chi connectivity index (χ0) is 21.7. The van der Waals surface area contributed by atoms with E-state index in [-0.39, 0.29) is 4.90 Å². The quantitative estimate of drug-likeness (QED) is 0.650. The first-order valence-corrected chi connectivity index (χ1v) is 11.5. The molecular formula is C22H26N2O5S.